The maximum Gasteiger partial charge on any atom is 0.234 e. The standard InChI is InChI=1S/C16H26N2O3/c1-12(2)17-16(20)10-18(4)9-14(19)11-21-15-7-5-6-13(3)8-15/h5-8,12,14,19H,9-11H2,1-4H3,(H,17,20)/t14-/m0/s1. The number of nitrogens with one attached hydrogen (secondary N) is 1. The number of hydrogen-bond acceptors (Lipinski definition) is 4. The summed E-state index contributed by atoms with van der Waals surface area (Å²) in [7, 11) is 1.80. The molecule has 0 unspecified atom stereocenters. The van der Waals surface area contributed by atoms with Crippen LogP contribution in [0, 0.1) is 6.92 Å². The molecule has 0 fully saturated rings. The van der Waals surface area contributed by atoms with Gasteiger partial charge in [-0.2, -0.15) is 0 Å². The number of aliphatic hydroxyl groups excluding tert-OH is 1. The molecule has 1 aromatic rings. The Kier molecular flexibility index (Phi) is 7.19. The number of carbonyl (C=O) groups excluding carboxylic acids is 1. The van der Waals surface area contributed by atoms with Crippen molar-refractivity contribution in [2.75, 3.05) is 26.7 Å². The Morgan fingerprint density at radius 1 is 1.43 bits per heavy atom. The summed E-state index contributed by atoms with van der Waals surface area (Å²) in [6, 6.07) is 7.82. The number of ether oxygens (including phenoxy) is 1. The molecule has 0 saturated heterocycles. The third-order valence-electron chi connectivity index (χ3n) is 2.82. The van der Waals surface area contributed by atoms with Crippen LogP contribution >= 0.6 is 0 Å². The van der Waals surface area contributed by atoms with Gasteiger partial charge in [-0.15, -0.1) is 0 Å². The van der Waals surface area contributed by atoms with Crippen molar-refractivity contribution in [1.82, 2.24) is 10.2 Å². The molecule has 1 amide bonds. The molecule has 0 bridgehead atoms. The van der Waals surface area contributed by atoms with Crippen LogP contribution in [-0.4, -0.2) is 54.8 Å². The highest BCUT2D eigenvalue weighted by atomic mass is 16.5. The molecule has 0 saturated carbocycles. The molecule has 0 aromatic heterocycles. The molecule has 0 aliphatic carbocycles. The SMILES string of the molecule is Cc1cccc(OC[C@@H](O)CN(C)CC(=O)NC(C)C)c1. The first-order valence-corrected chi connectivity index (χ1v) is 7.22. The van der Waals surface area contributed by atoms with Crippen molar-refractivity contribution in [3.63, 3.8) is 0 Å². The second-order valence-corrected chi connectivity index (χ2v) is 5.70. The Morgan fingerprint density at radius 3 is 2.76 bits per heavy atom. The van der Waals surface area contributed by atoms with E-state index in [4.69, 9.17) is 4.74 Å². The molecule has 5 nitrogen and oxygen atoms in total. The van der Waals surface area contributed by atoms with Crippen molar-refractivity contribution in [2.45, 2.75) is 32.9 Å². The minimum Gasteiger partial charge on any atom is -0.491 e. The number of amides is 1. The lowest BCUT2D eigenvalue weighted by Gasteiger charge is -2.21. The predicted molar refractivity (Wildman–Crippen MR) is 83.5 cm³/mol. The quantitative estimate of drug-likeness (QED) is 0.756. The van der Waals surface area contributed by atoms with E-state index in [0.29, 0.717) is 6.54 Å². The van der Waals surface area contributed by atoms with Crippen LogP contribution in [0.15, 0.2) is 24.3 Å². The number of aliphatic hydroxyl groups is 1. The second kappa shape index (κ2) is 8.64. The van der Waals surface area contributed by atoms with Crippen LogP contribution in [-0.2, 0) is 4.79 Å². The fourth-order valence-corrected chi connectivity index (χ4v) is 1.99. The number of hydrogen-bond donors (Lipinski definition) is 2. The normalized spacial score (nSPS) is 12.5. The third kappa shape index (κ3) is 7.68. The fourth-order valence-electron chi connectivity index (χ4n) is 1.99. The third-order valence-corrected chi connectivity index (χ3v) is 2.82. The lowest BCUT2D eigenvalue weighted by molar-refractivity contribution is -0.122. The number of nitrogens with zero attached hydrogens (tertiary/aromatic N) is 1. The van der Waals surface area contributed by atoms with Gasteiger partial charge in [-0.25, -0.2) is 0 Å². The van der Waals surface area contributed by atoms with E-state index >= 15 is 0 Å². The monoisotopic (exact) mass is 294 g/mol. The van der Waals surface area contributed by atoms with E-state index in [2.05, 4.69) is 5.32 Å². The van der Waals surface area contributed by atoms with Crippen LogP contribution in [0.3, 0.4) is 0 Å². The largest absolute Gasteiger partial charge is 0.491 e. The van der Waals surface area contributed by atoms with Crippen LogP contribution in [0.2, 0.25) is 0 Å². The summed E-state index contributed by atoms with van der Waals surface area (Å²) in [5.41, 5.74) is 1.12. The zero-order valence-corrected chi connectivity index (χ0v) is 13.3. The van der Waals surface area contributed by atoms with Crippen LogP contribution in [0.5, 0.6) is 5.75 Å². The summed E-state index contributed by atoms with van der Waals surface area (Å²) in [5.74, 6) is 0.702. The summed E-state index contributed by atoms with van der Waals surface area (Å²) in [5, 5.41) is 12.8. The molecule has 0 aliphatic heterocycles. The lowest BCUT2D eigenvalue weighted by Crippen LogP contribution is -2.42. The van der Waals surface area contributed by atoms with Gasteiger partial charge in [0.15, 0.2) is 0 Å². The second-order valence-electron chi connectivity index (χ2n) is 5.70. The predicted octanol–water partition coefficient (Wildman–Crippen LogP) is 1.19. The van der Waals surface area contributed by atoms with Crippen molar-refractivity contribution < 1.29 is 14.6 Å². The van der Waals surface area contributed by atoms with Gasteiger partial charge in [0.1, 0.15) is 18.5 Å². The maximum absolute atomic E-state index is 11.6. The van der Waals surface area contributed by atoms with Gasteiger partial charge in [-0.1, -0.05) is 12.1 Å². The van der Waals surface area contributed by atoms with E-state index < -0.39 is 6.10 Å². The molecular formula is C16H26N2O3. The van der Waals surface area contributed by atoms with Gasteiger partial charge < -0.3 is 15.2 Å². The van der Waals surface area contributed by atoms with Crippen molar-refractivity contribution in [3.8, 4) is 5.75 Å². The van der Waals surface area contributed by atoms with Crippen molar-refractivity contribution >= 4 is 5.91 Å². The molecule has 21 heavy (non-hydrogen) atoms. The summed E-state index contributed by atoms with van der Waals surface area (Å²) in [4.78, 5) is 13.4. The number of aryl methyl sites for hydroxylation is 1. The van der Waals surface area contributed by atoms with Crippen molar-refractivity contribution in [3.05, 3.63) is 29.8 Å². The van der Waals surface area contributed by atoms with E-state index in [1.165, 1.54) is 0 Å². The Morgan fingerprint density at radius 2 is 2.14 bits per heavy atom. The maximum atomic E-state index is 11.6. The number of likely N-dealkylation sites (N-methyl/N-ethyl adjacent to an activating group) is 1. The smallest absolute Gasteiger partial charge is 0.234 e. The molecular weight excluding hydrogens is 268 g/mol. The first-order valence-electron chi connectivity index (χ1n) is 7.22. The van der Waals surface area contributed by atoms with Crippen molar-refractivity contribution in [2.24, 2.45) is 0 Å². The van der Waals surface area contributed by atoms with Crippen LogP contribution in [0.25, 0.3) is 0 Å². The zero-order valence-electron chi connectivity index (χ0n) is 13.3. The highest BCUT2D eigenvalue weighted by molar-refractivity contribution is 5.78. The first-order chi connectivity index (χ1) is 9.86. The first kappa shape index (κ1) is 17.5. The highest BCUT2D eigenvalue weighted by Crippen LogP contribution is 2.12. The summed E-state index contributed by atoms with van der Waals surface area (Å²) in [6.45, 7) is 6.69. The van der Waals surface area contributed by atoms with Gasteiger partial charge in [0.25, 0.3) is 0 Å². The molecule has 118 valence electrons. The fraction of sp³-hybridized carbons (Fsp3) is 0.562. The lowest BCUT2D eigenvalue weighted by atomic mass is 10.2. The summed E-state index contributed by atoms with van der Waals surface area (Å²) in [6.07, 6.45) is -0.637. The van der Waals surface area contributed by atoms with Crippen LogP contribution < -0.4 is 10.1 Å². The molecule has 0 radical (unpaired) electrons. The minimum atomic E-state index is -0.637. The Labute approximate surface area is 126 Å². The van der Waals surface area contributed by atoms with Gasteiger partial charge in [0.05, 0.1) is 6.54 Å². The number of benzene rings is 1. The van der Waals surface area contributed by atoms with Gasteiger partial charge in [0, 0.05) is 12.6 Å². The highest BCUT2D eigenvalue weighted by Gasteiger charge is 2.12. The van der Waals surface area contributed by atoms with Gasteiger partial charge >= 0.3 is 0 Å². The number of carbonyl (C=O) groups is 1. The average molecular weight is 294 g/mol. The molecule has 0 heterocycles. The summed E-state index contributed by atoms with van der Waals surface area (Å²) >= 11 is 0. The van der Waals surface area contributed by atoms with Crippen LogP contribution in [0.1, 0.15) is 19.4 Å². The van der Waals surface area contributed by atoms with Crippen molar-refractivity contribution in [1.29, 1.82) is 0 Å². The Balaban J connectivity index is 2.29. The molecule has 5 heteroatoms. The van der Waals surface area contributed by atoms with E-state index in [1.807, 2.05) is 45.0 Å². The van der Waals surface area contributed by atoms with Gasteiger partial charge in [0.2, 0.25) is 5.91 Å². The number of rotatable bonds is 8. The molecule has 2 N–H and O–H groups in total. The van der Waals surface area contributed by atoms with E-state index in [-0.39, 0.29) is 25.1 Å². The molecule has 0 aliphatic rings. The van der Waals surface area contributed by atoms with Gasteiger partial charge in [-0.05, 0) is 45.5 Å². The molecule has 1 rings (SSSR count). The van der Waals surface area contributed by atoms with E-state index in [1.54, 1.807) is 11.9 Å². The topological polar surface area (TPSA) is 61.8 Å². The molecule has 0 spiro atoms. The minimum absolute atomic E-state index is 0.0423. The molecule has 1 atom stereocenters. The Hall–Kier alpha value is -1.59. The van der Waals surface area contributed by atoms with E-state index in [0.717, 1.165) is 11.3 Å². The average Bonchev–Trinajstić information content (AvgIpc) is 2.35. The van der Waals surface area contributed by atoms with Crippen LogP contribution in [0.4, 0.5) is 0 Å². The summed E-state index contributed by atoms with van der Waals surface area (Å²) < 4.78 is 5.54. The van der Waals surface area contributed by atoms with E-state index in [9.17, 15) is 9.90 Å². The Bertz CT molecular complexity index is 449. The molecule has 1 aromatic carbocycles. The zero-order chi connectivity index (χ0) is 15.8. The van der Waals surface area contributed by atoms with Gasteiger partial charge in [-0.3, -0.25) is 9.69 Å².